The lowest BCUT2D eigenvalue weighted by molar-refractivity contribution is 0.109. The molecule has 0 aliphatic carbocycles. The van der Waals surface area contributed by atoms with Gasteiger partial charge in [0, 0.05) is 0 Å². The van der Waals surface area contributed by atoms with Crippen molar-refractivity contribution < 1.29 is 4.74 Å². The number of aromatic nitrogens is 4. The maximum Gasteiger partial charge on any atom is 0.368 e. The summed E-state index contributed by atoms with van der Waals surface area (Å²) in [5.74, 6) is 0. The minimum atomic E-state index is -0.269. The molecule has 0 aliphatic rings. The highest BCUT2D eigenvalue weighted by Gasteiger charge is 2.07. The molecular formula is C16H16N4O2. The Bertz CT molecular complexity index is 766. The molecule has 0 aliphatic heterocycles. The Morgan fingerprint density at radius 3 is 2.32 bits per heavy atom. The second-order valence-electron chi connectivity index (χ2n) is 4.77. The van der Waals surface area contributed by atoms with Crippen LogP contribution in [0.2, 0.25) is 0 Å². The third kappa shape index (κ3) is 3.29. The average Bonchev–Trinajstić information content (AvgIpc) is 2.94. The number of benzene rings is 2. The van der Waals surface area contributed by atoms with Crippen LogP contribution in [0.5, 0.6) is 0 Å². The molecule has 0 radical (unpaired) electrons. The molecule has 0 bridgehead atoms. The van der Waals surface area contributed by atoms with Gasteiger partial charge in [-0.1, -0.05) is 48.5 Å². The Labute approximate surface area is 127 Å². The van der Waals surface area contributed by atoms with Crippen LogP contribution < -0.4 is 5.69 Å². The van der Waals surface area contributed by atoms with E-state index >= 15 is 0 Å². The number of hydrogen-bond donors (Lipinski definition) is 0. The molecule has 6 heteroatoms. The summed E-state index contributed by atoms with van der Waals surface area (Å²) in [6, 6.07) is 19.1. The molecule has 1 aromatic heterocycles. The van der Waals surface area contributed by atoms with Crippen LogP contribution in [0.4, 0.5) is 0 Å². The van der Waals surface area contributed by atoms with Gasteiger partial charge in [-0.05, 0) is 28.1 Å². The quantitative estimate of drug-likeness (QED) is 0.649. The predicted molar refractivity (Wildman–Crippen MR) is 81.7 cm³/mol. The molecule has 3 rings (SSSR count). The number of rotatable bonds is 6. The molecule has 3 aromatic rings. The van der Waals surface area contributed by atoms with Crippen molar-refractivity contribution in [1.29, 1.82) is 0 Å². The number of ether oxygens (including phenoxy) is 1. The fourth-order valence-electron chi connectivity index (χ4n) is 2.06. The lowest BCUT2D eigenvalue weighted by Crippen LogP contribution is -2.25. The summed E-state index contributed by atoms with van der Waals surface area (Å²) >= 11 is 0. The van der Waals surface area contributed by atoms with Gasteiger partial charge in [-0.2, -0.15) is 9.36 Å². The van der Waals surface area contributed by atoms with Crippen molar-refractivity contribution >= 4 is 0 Å². The third-order valence-corrected chi connectivity index (χ3v) is 3.20. The average molecular weight is 296 g/mol. The van der Waals surface area contributed by atoms with Crippen molar-refractivity contribution in [2.24, 2.45) is 0 Å². The lowest BCUT2D eigenvalue weighted by atomic mass is 10.2. The number of hydrogen-bond acceptors (Lipinski definition) is 4. The van der Waals surface area contributed by atoms with Crippen LogP contribution in [-0.4, -0.2) is 26.4 Å². The van der Waals surface area contributed by atoms with Crippen LogP contribution in [0.25, 0.3) is 5.69 Å². The van der Waals surface area contributed by atoms with Crippen molar-refractivity contribution in [1.82, 2.24) is 19.8 Å². The zero-order valence-electron chi connectivity index (χ0n) is 12.0. The first kappa shape index (κ1) is 14.2. The Balaban J connectivity index is 1.58. The van der Waals surface area contributed by atoms with Crippen molar-refractivity contribution in [2.45, 2.75) is 13.2 Å². The molecule has 112 valence electrons. The van der Waals surface area contributed by atoms with Gasteiger partial charge in [0.2, 0.25) is 0 Å². The molecule has 0 spiro atoms. The van der Waals surface area contributed by atoms with Crippen LogP contribution in [0, 0.1) is 0 Å². The predicted octanol–water partition coefficient (Wildman–Crippen LogP) is 1.65. The summed E-state index contributed by atoms with van der Waals surface area (Å²) in [6.45, 7) is 1.29. The smallest absolute Gasteiger partial charge is 0.368 e. The molecule has 0 saturated carbocycles. The van der Waals surface area contributed by atoms with Gasteiger partial charge in [0.15, 0.2) is 0 Å². The molecule has 0 atom stereocenters. The van der Waals surface area contributed by atoms with Gasteiger partial charge in [0.1, 0.15) is 0 Å². The first-order chi connectivity index (χ1) is 10.8. The molecule has 0 N–H and O–H groups in total. The van der Waals surface area contributed by atoms with E-state index in [0.717, 1.165) is 5.56 Å². The molecule has 0 fully saturated rings. The van der Waals surface area contributed by atoms with E-state index in [0.29, 0.717) is 25.4 Å². The normalized spacial score (nSPS) is 10.7. The van der Waals surface area contributed by atoms with E-state index in [9.17, 15) is 4.79 Å². The van der Waals surface area contributed by atoms with Crippen LogP contribution >= 0.6 is 0 Å². The molecule has 0 amide bonds. The van der Waals surface area contributed by atoms with E-state index in [2.05, 4.69) is 10.4 Å². The maximum atomic E-state index is 12.2. The zero-order chi connectivity index (χ0) is 15.2. The fraction of sp³-hybridized carbons (Fsp3) is 0.188. The number of tetrazole rings is 1. The highest BCUT2D eigenvalue weighted by atomic mass is 16.5. The Hall–Kier alpha value is -2.73. The van der Waals surface area contributed by atoms with Crippen molar-refractivity contribution in [2.75, 3.05) is 6.61 Å². The SMILES string of the molecule is O=c1n(CCOCc2ccccc2)nnn1-c1ccccc1. The fourth-order valence-corrected chi connectivity index (χ4v) is 2.06. The van der Waals surface area contributed by atoms with E-state index in [1.165, 1.54) is 9.36 Å². The molecule has 1 heterocycles. The van der Waals surface area contributed by atoms with Crippen molar-refractivity contribution in [3.8, 4) is 5.69 Å². The number of para-hydroxylation sites is 1. The van der Waals surface area contributed by atoms with Crippen LogP contribution in [0.15, 0.2) is 65.5 Å². The summed E-state index contributed by atoms with van der Waals surface area (Å²) in [6.07, 6.45) is 0. The molecule has 22 heavy (non-hydrogen) atoms. The monoisotopic (exact) mass is 296 g/mol. The van der Waals surface area contributed by atoms with E-state index in [1.807, 2.05) is 60.7 Å². The van der Waals surface area contributed by atoms with Gasteiger partial charge in [-0.3, -0.25) is 0 Å². The highest BCUT2D eigenvalue weighted by Crippen LogP contribution is 2.01. The van der Waals surface area contributed by atoms with Gasteiger partial charge in [0.25, 0.3) is 0 Å². The lowest BCUT2D eigenvalue weighted by Gasteiger charge is -2.03. The highest BCUT2D eigenvalue weighted by molar-refractivity contribution is 5.28. The maximum absolute atomic E-state index is 12.2. The minimum absolute atomic E-state index is 0.269. The minimum Gasteiger partial charge on any atom is -0.375 e. The first-order valence-corrected chi connectivity index (χ1v) is 7.04. The first-order valence-electron chi connectivity index (χ1n) is 7.04. The van der Waals surface area contributed by atoms with Crippen LogP contribution in [0.1, 0.15) is 5.56 Å². The van der Waals surface area contributed by atoms with Gasteiger partial charge >= 0.3 is 5.69 Å². The standard InChI is InChI=1S/C16H16N4O2/c21-16-19(11-12-22-13-14-7-3-1-4-8-14)17-18-20(16)15-9-5-2-6-10-15/h1-10H,11-13H2. The van der Waals surface area contributed by atoms with Crippen LogP contribution in [-0.2, 0) is 17.9 Å². The summed E-state index contributed by atoms with van der Waals surface area (Å²) in [5.41, 5.74) is 1.53. The van der Waals surface area contributed by atoms with E-state index in [4.69, 9.17) is 4.74 Å². The summed E-state index contributed by atoms with van der Waals surface area (Å²) < 4.78 is 8.14. The largest absolute Gasteiger partial charge is 0.375 e. The number of nitrogens with zero attached hydrogens (tertiary/aromatic N) is 4. The molecule has 2 aromatic carbocycles. The Kier molecular flexibility index (Phi) is 4.41. The van der Waals surface area contributed by atoms with Gasteiger partial charge in [0.05, 0.1) is 25.4 Å². The molecular weight excluding hydrogens is 280 g/mol. The Morgan fingerprint density at radius 2 is 1.59 bits per heavy atom. The van der Waals surface area contributed by atoms with E-state index in [-0.39, 0.29) is 5.69 Å². The van der Waals surface area contributed by atoms with Crippen molar-refractivity contribution in [3.05, 3.63) is 76.7 Å². The third-order valence-electron chi connectivity index (χ3n) is 3.20. The second kappa shape index (κ2) is 6.82. The molecule has 0 unspecified atom stereocenters. The molecule has 6 nitrogen and oxygen atoms in total. The van der Waals surface area contributed by atoms with Crippen LogP contribution in [0.3, 0.4) is 0 Å². The topological polar surface area (TPSA) is 61.9 Å². The summed E-state index contributed by atoms with van der Waals surface area (Å²) in [4.78, 5) is 12.2. The molecule has 0 saturated heterocycles. The van der Waals surface area contributed by atoms with Gasteiger partial charge in [-0.25, -0.2) is 4.79 Å². The van der Waals surface area contributed by atoms with Crippen molar-refractivity contribution in [3.63, 3.8) is 0 Å². The summed E-state index contributed by atoms with van der Waals surface area (Å²) in [5, 5.41) is 7.76. The van der Waals surface area contributed by atoms with E-state index in [1.54, 1.807) is 0 Å². The van der Waals surface area contributed by atoms with E-state index < -0.39 is 0 Å². The Morgan fingerprint density at radius 1 is 0.909 bits per heavy atom. The van der Waals surface area contributed by atoms with Gasteiger partial charge in [-0.15, -0.1) is 0 Å². The second-order valence-corrected chi connectivity index (χ2v) is 4.77. The zero-order valence-corrected chi connectivity index (χ0v) is 12.0. The summed E-state index contributed by atoms with van der Waals surface area (Å²) in [7, 11) is 0. The van der Waals surface area contributed by atoms with Gasteiger partial charge < -0.3 is 4.74 Å².